The van der Waals surface area contributed by atoms with Gasteiger partial charge in [-0.1, -0.05) is 43.7 Å². The quantitative estimate of drug-likeness (QED) is 0.412. The van der Waals surface area contributed by atoms with Gasteiger partial charge in [-0.25, -0.2) is 13.6 Å². The minimum Gasteiger partial charge on any atom is -0.480 e. The van der Waals surface area contributed by atoms with Crippen molar-refractivity contribution in [3.05, 3.63) is 95.1 Å². The molecule has 1 aliphatic heterocycles. The Bertz CT molecular complexity index is 1400. The number of fused-ring (bicyclic) bond motifs is 1. The molecule has 3 N–H and O–H groups in total. The van der Waals surface area contributed by atoms with Crippen LogP contribution in [-0.4, -0.2) is 40.9 Å². The highest BCUT2D eigenvalue weighted by molar-refractivity contribution is 6.17. The molecule has 4 rings (SSSR count). The molecule has 2 atom stereocenters. The first-order valence-corrected chi connectivity index (χ1v) is 12.0. The standard InChI is InChI=1S/C28H25F2N3O5/c1-2-6-24-26(35)31-21-15-17(25(34)32-22(28(37)38)13-16-7-4-3-5-8-16)10-12-23(21)33(24)27(36)18-9-11-19(29)20(30)14-18/h3-5,7-12,14-15,22,24H,2,6,13H2,1H3,(H,31,35)(H,32,34)(H,37,38). The molecule has 0 radical (unpaired) electrons. The summed E-state index contributed by atoms with van der Waals surface area (Å²) in [6, 6.07) is 13.7. The molecule has 0 fully saturated rings. The Balaban J connectivity index is 1.64. The summed E-state index contributed by atoms with van der Waals surface area (Å²) in [6.45, 7) is 1.84. The van der Waals surface area contributed by atoms with Gasteiger partial charge in [-0.3, -0.25) is 19.3 Å². The lowest BCUT2D eigenvalue weighted by atomic mass is 10.00. The number of anilines is 2. The molecule has 0 saturated heterocycles. The summed E-state index contributed by atoms with van der Waals surface area (Å²) in [5.41, 5.74) is 1.08. The van der Waals surface area contributed by atoms with Crippen LogP contribution in [0.4, 0.5) is 20.2 Å². The molecule has 0 spiro atoms. The van der Waals surface area contributed by atoms with Gasteiger partial charge >= 0.3 is 5.97 Å². The summed E-state index contributed by atoms with van der Waals surface area (Å²) in [7, 11) is 0. The fourth-order valence-corrected chi connectivity index (χ4v) is 4.33. The zero-order chi connectivity index (χ0) is 27.4. The van der Waals surface area contributed by atoms with Crippen molar-refractivity contribution in [3.8, 4) is 0 Å². The Morgan fingerprint density at radius 2 is 1.71 bits per heavy atom. The average molecular weight is 522 g/mol. The summed E-state index contributed by atoms with van der Waals surface area (Å²) in [6.07, 6.45) is 0.939. The van der Waals surface area contributed by atoms with E-state index in [9.17, 15) is 33.1 Å². The van der Waals surface area contributed by atoms with E-state index in [0.29, 0.717) is 12.8 Å². The van der Waals surface area contributed by atoms with Crippen LogP contribution < -0.4 is 15.5 Å². The number of amides is 3. The number of hydrogen-bond acceptors (Lipinski definition) is 4. The number of carboxylic acid groups (broad SMARTS) is 1. The van der Waals surface area contributed by atoms with E-state index < -0.39 is 47.4 Å². The summed E-state index contributed by atoms with van der Waals surface area (Å²) in [5.74, 6) is -5.39. The van der Waals surface area contributed by atoms with Crippen LogP contribution in [-0.2, 0) is 16.0 Å². The molecular weight excluding hydrogens is 496 g/mol. The molecular formula is C28H25F2N3O5. The molecule has 196 valence electrons. The number of rotatable bonds is 8. The second kappa shape index (κ2) is 11.2. The first-order chi connectivity index (χ1) is 18.2. The normalized spacial score (nSPS) is 15.3. The Morgan fingerprint density at radius 3 is 2.37 bits per heavy atom. The van der Waals surface area contributed by atoms with Crippen molar-refractivity contribution in [2.45, 2.75) is 38.3 Å². The van der Waals surface area contributed by atoms with Crippen molar-refractivity contribution < 1.29 is 33.1 Å². The molecule has 10 heteroatoms. The van der Waals surface area contributed by atoms with E-state index in [2.05, 4.69) is 10.6 Å². The number of halogens is 2. The SMILES string of the molecule is CCCC1C(=O)Nc2cc(C(=O)NC(Cc3ccccc3)C(=O)O)ccc2N1C(=O)c1ccc(F)c(F)c1. The summed E-state index contributed by atoms with van der Waals surface area (Å²) >= 11 is 0. The average Bonchev–Trinajstić information content (AvgIpc) is 2.90. The highest BCUT2D eigenvalue weighted by Gasteiger charge is 2.37. The van der Waals surface area contributed by atoms with Crippen molar-refractivity contribution >= 4 is 35.1 Å². The van der Waals surface area contributed by atoms with Gasteiger partial charge < -0.3 is 15.7 Å². The molecule has 3 aromatic rings. The number of carboxylic acids is 1. The van der Waals surface area contributed by atoms with E-state index in [1.54, 1.807) is 30.3 Å². The van der Waals surface area contributed by atoms with E-state index >= 15 is 0 Å². The maximum Gasteiger partial charge on any atom is 0.326 e. The van der Waals surface area contributed by atoms with Crippen LogP contribution in [0.1, 0.15) is 46.0 Å². The molecule has 3 amide bonds. The number of aliphatic carboxylic acids is 1. The van der Waals surface area contributed by atoms with E-state index in [1.165, 1.54) is 23.1 Å². The predicted molar refractivity (Wildman–Crippen MR) is 136 cm³/mol. The Hall–Kier alpha value is -4.60. The van der Waals surface area contributed by atoms with E-state index in [1.807, 2.05) is 6.92 Å². The van der Waals surface area contributed by atoms with Crippen LogP contribution in [0, 0.1) is 11.6 Å². The molecule has 1 aliphatic rings. The number of carbonyl (C=O) groups excluding carboxylic acids is 3. The molecule has 2 unspecified atom stereocenters. The van der Waals surface area contributed by atoms with Gasteiger partial charge in [0.2, 0.25) is 5.91 Å². The Morgan fingerprint density at radius 1 is 1.00 bits per heavy atom. The molecule has 0 aliphatic carbocycles. The molecule has 0 aromatic heterocycles. The predicted octanol–water partition coefficient (Wildman–Crippen LogP) is 4.16. The van der Waals surface area contributed by atoms with E-state index in [4.69, 9.17) is 0 Å². The highest BCUT2D eigenvalue weighted by atomic mass is 19.2. The Labute approximate surface area is 217 Å². The van der Waals surface area contributed by atoms with Crippen LogP contribution >= 0.6 is 0 Å². The van der Waals surface area contributed by atoms with Gasteiger partial charge in [0.15, 0.2) is 11.6 Å². The minimum absolute atomic E-state index is 0.0672. The monoisotopic (exact) mass is 521 g/mol. The third kappa shape index (κ3) is 5.54. The third-order valence-electron chi connectivity index (χ3n) is 6.22. The number of carbonyl (C=O) groups is 4. The van der Waals surface area contributed by atoms with Gasteiger partial charge in [-0.05, 0) is 48.4 Å². The summed E-state index contributed by atoms with van der Waals surface area (Å²) < 4.78 is 27.3. The van der Waals surface area contributed by atoms with Crippen LogP contribution in [0.3, 0.4) is 0 Å². The van der Waals surface area contributed by atoms with E-state index in [0.717, 1.165) is 23.8 Å². The van der Waals surface area contributed by atoms with Crippen LogP contribution in [0.5, 0.6) is 0 Å². The van der Waals surface area contributed by atoms with Crippen molar-refractivity contribution in [1.29, 1.82) is 0 Å². The van der Waals surface area contributed by atoms with Gasteiger partial charge in [0.25, 0.3) is 11.8 Å². The van der Waals surface area contributed by atoms with Crippen molar-refractivity contribution in [3.63, 3.8) is 0 Å². The number of nitrogens with zero attached hydrogens (tertiary/aromatic N) is 1. The fourth-order valence-electron chi connectivity index (χ4n) is 4.33. The van der Waals surface area contributed by atoms with E-state index in [-0.39, 0.29) is 28.9 Å². The minimum atomic E-state index is -1.21. The van der Waals surface area contributed by atoms with Crippen molar-refractivity contribution in [2.75, 3.05) is 10.2 Å². The first kappa shape index (κ1) is 26.5. The lowest BCUT2D eigenvalue weighted by Gasteiger charge is -2.36. The third-order valence-corrected chi connectivity index (χ3v) is 6.22. The molecule has 3 aromatic carbocycles. The van der Waals surface area contributed by atoms with Crippen LogP contribution in [0.15, 0.2) is 66.7 Å². The Kier molecular flexibility index (Phi) is 7.80. The molecule has 8 nitrogen and oxygen atoms in total. The maximum atomic E-state index is 13.9. The van der Waals surface area contributed by atoms with Crippen LogP contribution in [0.2, 0.25) is 0 Å². The zero-order valence-corrected chi connectivity index (χ0v) is 20.4. The van der Waals surface area contributed by atoms with Crippen molar-refractivity contribution in [2.24, 2.45) is 0 Å². The second-order valence-electron chi connectivity index (χ2n) is 8.88. The van der Waals surface area contributed by atoms with Crippen molar-refractivity contribution in [1.82, 2.24) is 5.32 Å². The smallest absolute Gasteiger partial charge is 0.326 e. The largest absolute Gasteiger partial charge is 0.480 e. The number of nitrogens with one attached hydrogen (secondary N) is 2. The molecule has 0 saturated carbocycles. The molecule has 1 heterocycles. The van der Waals surface area contributed by atoms with Gasteiger partial charge in [-0.15, -0.1) is 0 Å². The zero-order valence-electron chi connectivity index (χ0n) is 20.4. The van der Waals surface area contributed by atoms with Crippen LogP contribution in [0.25, 0.3) is 0 Å². The lowest BCUT2D eigenvalue weighted by molar-refractivity contribution is -0.139. The van der Waals surface area contributed by atoms with Gasteiger partial charge in [0.05, 0.1) is 11.4 Å². The topological polar surface area (TPSA) is 116 Å². The second-order valence-corrected chi connectivity index (χ2v) is 8.88. The lowest BCUT2D eigenvalue weighted by Crippen LogP contribution is -2.51. The van der Waals surface area contributed by atoms with Gasteiger partial charge in [0, 0.05) is 17.5 Å². The highest BCUT2D eigenvalue weighted by Crippen LogP contribution is 2.35. The summed E-state index contributed by atoms with van der Waals surface area (Å²) in [4.78, 5) is 52.3. The fraction of sp³-hybridized carbons (Fsp3) is 0.214. The first-order valence-electron chi connectivity index (χ1n) is 12.0. The number of hydrogen-bond donors (Lipinski definition) is 3. The number of benzene rings is 3. The molecule has 38 heavy (non-hydrogen) atoms. The summed E-state index contributed by atoms with van der Waals surface area (Å²) in [5, 5.41) is 14.8. The van der Waals surface area contributed by atoms with Gasteiger partial charge in [-0.2, -0.15) is 0 Å². The maximum absolute atomic E-state index is 13.9. The van der Waals surface area contributed by atoms with Gasteiger partial charge in [0.1, 0.15) is 12.1 Å². The molecule has 0 bridgehead atoms.